The van der Waals surface area contributed by atoms with Gasteiger partial charge in [-0.1, -0.05) is 33.1 Å². The van der Waals surface area contributed by atoms with Gasteiger partial charge in [-0.25, -0.2) is 0 Å². The van der Waals surface area contributed by atoms with E-state index < -0.39 is 5.41 Å². The highest BCUT2D eigenvalue weighted by molar-refractivity contribution is 5.86. The number of ether oxygens (including phenoxy) is 1. The van der Waals surface area contributed by atoms with Crippen LogP contribution < -0.4 is 0 Å². The third-order valence-electron chi connectivity index (χ3n) is 3.84. The smallest absolute Gasteiger partial charge is 0.306 e. The first-order valence-electron chi connectivity index (χ1n) is 6.72. The summed E-state index contributed by atoms with van der Waals surface area (Å²) in [6.45, 7) is 3.62. The molecule has 0 unspecified atom stereocenters. The number of carbonyl (C=O) groups is 2. The van der Waals surface area contributed by atoms with Crippen molar-refractivity contribution in [3.8, 4) is 0 Å². The summed E-state index contributed by atoms with van der Waals surface area (Å²) in [6, 6.07) is 0.336. The van der Waals surface area contributed by atoms with Crippen molar-refractivity contribution >= 4 is 11.9 Å². The van der Waals surface area contributed by atoms with Crippen molar-refractivity contribution in [2.24, 2.45) is 5.41 Å². The minimum atomic E-state index is -0.681. The quantitative estimate of drug-likeness (QED) is 0.724. The first-order chi connectivity index (χ1) is 8.38. The molecule has 0 aliphatic heterocycles. The highest BCUT2D eigenvalue weighted by Crippen LogP contribution is 2.28. The molecule has 1 aliphatic carbocycles. The maximum atomic E-state index is 12.4. The van der Waals surface area contributed by atoms with Crippen molar-refractivity contribution in [2.45, 2.75) is 58.4 Å². The molecule has 18 heavy (non-hydrogen) atoms. The van der Waals surface area contributed by atoms with Crippen LogP contribution in [0.4, 0.5) is 0 Å². The second kappa shape index (κ2) is 6.21. The third kappa shape index (κ3) is 3.72. The summed E-state index contributed by atoms with van der Waals surface area (Å²) in [5.41, 5.74) is -0.681. The number of rotatable bonds is 4. The lowest BCUT2D eigenvalue weighted by atomic mass is 9.86. The van der Waals surface area contributed by atoms with Gasteiger partial charge in [-0.2, -0.15) is 0 Å². The van der Waals surface area contributed by atoms with E-state index in [2.05, 4.69) is 4.74 Å². The highest BCUT2D eigenvalue weighted by atomic mass is 16.5. The molecular weight excluding hydrogens is 230 g/mol. The van der Waals surface area contributed by atoms with Gasteiger partial charge in [0.05, 0.1) is 18.9 Å². The van der Waals surface area contributed by atoms with Gasteiger partial charge in [0.2, 0.25) is 5.91 Å². The van der Waals surface area contributed by atoms with Crippen molar-refractivity contribution in [2.75, 3.05) is 14.2 Å². The van der Waals surface area contributed by atoms with E-state index in [1.165, 1.54) is 26.4 Å². The molecule has 0 saturated heterocycles. The number of methoxy groups -OCH3 is 1. The minimum Gasteiger partial charge on any atom is -0.469 e. The van der Waals surface area contributed by atoms with E-state index in [-0.39, 0.29) is 18.3 Å². The SMILES string of the molecule is COC(=O)CC(C)(C)C(=O)N(C)C1CCCCC1. The number of hydrogen-bond donors (Lipinski definition) is 0. The van der Waals surface area contributed by atoms with Crippen molar-refractivity contribution in [1.82, 2.24) is 4.90 Å². The van der Waals surface area contributed by atoms with Gasteiger partial charge >= 0.3 is 5.97 Å². The average Bonchev–Trinajstić information content (AvgIpc) is 2.37. The Morgan fingerprint density at radius 1 is 1.22 bits per heavy atom. The number of nitrogens with zero attached hydrogens (tertiary/aromatic N) is 1. The van der Waals surface area contributed by atoms with E-state index in [4.69, 9.17) is 0 Å². The lowest BCUT2D eigenvalue weighted by Crippen LogP contribution is -2.45. The molecule has 1 saturated carbocycles. The summed E-state index contributed by atoms with van der Waals surface area (Å²) in [4.78, 5) is 25.6. The number of carbonyl (C=O) groups excluding carboxylic acids is 2. The van der Waals surface area contributed by atoms with Crippen LogP contribution in [-0.4, -0.2) is 37.0 Å². The predicted octanol–water partition coefficient (Wildman–Crippen LogP) is 2.37. The molecule has 0 atom stereocenters. The molecule has 1 fully saturated rings. The third-order valence-corrected chi connectivity index (χ3v) is 3.84. The summed E-state index contributed by atoms with van der Waals surface area (Å²) in [5.74, 6) is -0.287. The van der Waals surface area contributed by atoms with Gasteiger partial charge in [0.1, 0.15) is 0 Å². The van der Waals surface area contributed by atoms with Crippen LogP contribution in [0, 0.1) is 5.41 Å². The van der Waals surface area contributed by atoms with Crippen LogP contribution in [-0.2, 0) is 14.3 Å². The molecule has 0 heterocycles. The lowest BCUT2D eigenvalue weighted by molar-refractivity contribution is -0.151. The van der Waals surface area contributed by atoms with E-state index in [0.717, 1.165) is 12.8 Å². The zero-order valence-corrected chi connectivity index (χ0v) is 12.0. The molecular formula is C14H25NO3. The lowest BCUT2D eigenvalue weighted by Gasteiger charge is -2.36. The van der Waals surface area contributed by atoms with Gasteiger partial charge < -0.3 is 9.64 Å². The van der Waals surface area contributed by atoms with E-state index in [1.807, 2.05) is 25.8 Å². The summed E-state index contributed by atoms with van der Waals surface area (Å²) in [7, 11) is 3.21. The van der Waals surface area contributed by atoms with Gasteiger partial charge in [-0.15, -0.1) is 0 Å². The van der Waals surface area contributed by atoms with Crippen molar-refractivity contribution in [1.29, 1.82) is 0 Å². The molecule has 0 bridgehead atoms. The van der Waals surface area contributed by atoms with Crippen LogP contribution in [0.1, 0.15) is 52.4 Å². The van der Waals surface area contributed by atoms with Crippen LogP contribution in [0.15, 0.2) is 0 Å². The number of esters is 1. The standard InChI is InChI=1S/C14H25NO3/c1-14(2,10-12(16)18-4)13(17)15(3)11-8-6-5-7-9-11/h11H,5-10H2,1-4H3. The fraction of sp³-hybridized carbons (Fsp3) is 0.857. The maximum absolute atomic E-state index is 12.4. The first-order valence-corrected chi connectivity index (χ1v) is 6.72. The van der Waals surface area contributed by atoms with Crippen LogP contribution in [0.25, 0.3) is 0 Å². The topological polar surface area (TPSA) is 46.6 Å². The molecule has 1 amide bonds. The molecule has 104 valence electrons. The van der Waals surface area contributed by atoms with Gasteiger partial charge in [-0.3, -0.25) is 9.59 Å². The number of hydrogen-bond acceptors (Lipinski definition) is 3. The molecule has 0 aromatic carbocycles. The second-order valence-corrected chi connectivity index (χ2v) is 5.84. The van der Waals surface area contributed by atoms with E-state index >= 15 is 0 Å². The zero-order chi connectivity index (χ0) is 13.8. The number of amides is 1. The van der Waals surface area contributed by atoms with Crippen LogP contribution in [0.3, 0.4) is 0 Å². The molecule has 1 rings (SSSR count). The van der Waals surface area contributed by atoms with Crippen molar-refractivity contribution in [3.63, 3.8) is 0 Å². The van der Waals surface area contributed by atoms with Crippen molar-refractivity contribution < 1.29 is 14.3 Å². The molecule has 0 aromatic rings. The Morgan fingerprint density at radius 3 is 2.28 bits per heavy atom. The fourth-order valence-corrected chi connectivity index (χ4v) is 2.62. The van der Waals surface area contributed by atoms with Crippen molar-refractivity contribution in [3.05, 3.63) is 0 Å². The monoisotopic (exact) mass is 255 g/mol. The molecule has 0 N–H and O–H groups in total. The van der Waals surface area contributed by atoms with Gasteiger partial charge in [0.15, 0.2) is 0 Å². The summed E-state index contributed by atoms with van der Waals surface area (Å²) >= 11 is 0. The summed E-state index contributed by atoms with van der Waals surface area (Å²) in [6.07, 6.45) is 5.95. The second-order valence-electron chi connectivity index (χ2n) is 5.84. The Morgan fingerprint density at radius 2 is 1.78 bits per heavy atom. The van der Waals surface area contributed by atoms with Gasteiger partial charge in [0, 0.05) is 13.1 Å². The largest absolute Gasteiger partial charge is 0.469 e. The molecule has 1 aliphatic rings. The first kappa shape index (κ1) is 15.0. The van der Waals surface area contributed by atoms with E-state index in [1.54, 1.807) is 0 Å². The summed E-state index contributed by atoms with van der Waals surface area (Å²) in [5, 5.41) is 0. The van der Waals surface area contributed by atoms with Crippen LogP contribution >= 0.6 is 0 Å². The predicted molar refractivity (Wildman–Crippen MR) is 70.1 cm³/mol. The van der Waals surface area contributed by atoms with E-state index in [9.17, 15) is 9.59 Å². The Labute approximate surface area is 110 Å². The summed E-state index contributed by atoms with van der Waals surface area (Å²) < 4.78 is 4.65. The van der Waals surface area contributed by atoms with Crippen LogP contribution in [0.2, 0.25) is 0 Å². The molecule has 0 spiro atoms. The van der Waals surface area contributed by atoms with Gasteiger partial charge in [-0.05, 0) is 12.8 Å². The Bertz CT molecular complexity index is 306. The van der Waals surface area contributed by atoms with Gasteiger partial charge in [0.25, 0.3) is 0 Å². The fourth-order valence-electron chi connectivity index (χ4n) is 2.62. The van der Waals surface area contributed by atoms with Crippen LogP contribution in [0.5, 0.6) is 0 Å². The Hall–Kier alpha value is -1.06. The molecule has 0 radical (unpaired) electrons. The maximum Gasteiger partial charge on any atom is 0.306 e. The molecule has 0 aromatic heterocycles. The molecule has 4 heteroatoms. The minimum absolute atomic E-state index is 0.0415. The Balaban J connectivity index is 2.63. The van der Waals surface area contributed by atoms with E-state index in [0.29, 0.717) is 6.04 Å². The highest BCUT2D eigenvalue weighted by Gasteiger charge is 2.35. The normalized spacial score (nSPS) is 17.3. The molecule has 4 nitrogen and oxygen atoms in total. The Kier molecular flexibility index (Phi) is 5.17. The average molecular weight is 255 g/mol. The zero-order valence-electron chi connectivity index (χ0n) is 12.0.